The second kappa shape index (κ2) is 50.6. The standard InChI is InChI=1S/C79H139N15O16/c1-22-49(20)65(94-77(108)64(48(18)19)92-75(106)62(46(14)15)89-67(98)53(24-3)82-79(110)66(97)50(21)23-2)78(109)93-63(47(16)17)76(107)91-61(45(12)13)73(104)84-55(30-26-28-36-81)69(100)90-60(44(10)11)74(105)87-57(38-42(6)7)70(101)83-54(29-25-27-35-80)68(99)86-58(39-51-31-33-52(96)34-32-51)72(103)85-56(37-41(4)5)71(102)88-59(40-95)43(8)9/h24,31-34,41-50,54-66,95-97H,22-23,25-30,35-40,80-81H2,1-21H3,(H,82,110)(H,83,101)(H,84,104)(H,85,103)(H,86,99)(H,87,105)(H,88,102)(H,89,98)(H,90,100)(H,91,107)(H,92,106)(H,93,109)(H,94,108)/b53-24-/t49-,50-,54?,55?,56?,57?,58+,59+,60-,61-,62-,63-,64-,65-,66-/m0/s1. The van der Waals surface area contributed by atoms with Gasteiger partial charge >= 0.3 is 0 Å². The van der Waals surface area contributed by atoms with Gasteiger partial charge < -0.3 is 95.9 Å². The monoisotopic (exact) mass is 1550 g/mol. The molecule has 20 N–H and O–H groups in total. The van der Waals surface area contributed by atoms with Crippen molar-refractivity contribution in [1.82, 2.24) is 69.1 Å². The van der Waals surface area contributed by atoms with Gasteiger partial charge in [-0.2, -0.15) is 0 Å². The maximum absolute atomic E-state index is 14.7. The molecule has 0 spiro atoms. The number of aliphatic hydroxyl groups excluding tert-OH is 2. The number of carbonyl (C=O) groups is 13. The quantitative estimate of drug-likeness (QED) is 0.0329. The van der Waals surface area contributed by atoms with Gasteiger partial charge in [-0.25, -0.2) is 0 Å². The summed E-state index contributed by atoms with van der Waals surface area (Å²) < 4.78 is 0. The summed E-state index contributed by atoms with van der Waals surface area (Å²) in [4.78, 5) is 185. The third-order valence-electron chi connectivity index (χ3n) is 19.4. The fourth-order valence-electron chi connectivity index (χ4n) is 11.8. The predicted molar refractivity (Wildman–Crippen MR) is 423 cm³/mol. The van der Waals surface area contributed by atoms with Gasteiger partial charge in [-0.05, 0) is 148 Å². The Kier molecular flexibility index (Phi) is 45.8. The molecule has 13 amide bonds. The SMILES string of the molecule is C/C=C(\NC(=O)[C@@H](O)[C@@H](C)CC)C(=O)N[C@H](C(=O)N[C@H](C(=O)N[C@H](C(=O)N[C@H](C(=O)N[C@H](C(=O)NC(CCCCN)C(=O)N[C@H](C(=O)NC(CC(C)C)C(=O)NC(CCCCN)C(=O)N[C@H](Cc1ccc(O)cc1)C(=O)NC(CC(C)C)C(=O)N[C@H](CO)C(C)C)C(C)C)C(C)C)C(C)C)[C@@H](C)CC)C(C)C)C(C)C. The zero-order chi connectivity index (χ0) is 84.1. The van der Waals surface area contributed by atoms with Gasteiger partial charge in [0.2, 0.25) is 65.0 Å². The normalized spacial score (nSPS) is 16.0. The van der Waals surface area contributed by atoms with E-state index < -0.39 is 197 Å². The molecule has 626 valence electrons. The van der Waals surface area contributed by atoms with Gasteiger partial charge in [0.05, 0.1) is 12.6 Å². The molecule has 0 aliphatic heterocycles. The van der Waals surface area contributed by atoms with E-state index in [-0.39, 0.29) is 81.0 Å². The Hall–Kier alpha value is -8.29. The van der Waals surface area contributed by atoms with Crippen LogP contribution in [0.5, 0.6) is 5.75 Å². The van der Waals surface area contributed by atoms with Crippen molar-refractivity contribution in [1.29, 1.82) is 0 Å². The van der Waals surface area contributed by atoms with E-state index in [4.69, 9.17) is 11.5 Å². The van der Waals surface area contributed by atoms with E-state index in [0.29, 0.717) is 44.1 Å². The molecule has 1 rings (SSSR count). The van der Waals surface area contributed by atoms with Crippen LogP contribution in [-0.2, 0) is 68.7 Å². The average Bonchev–Trinajstić information content (AvgIpc) is 0.842. The van der Waals surface area contributed by atoms with Crippen LogP contribution in [0.3, 0.4) is 0 Å². The maximum atomic E-state index is 14.7. The van der Waals surface area contributed by atoms with Crippen LogP contribution in [0.1, 0.15) is 215 Å². The van der Waals surface area contributed by atoms with Gasteiger partial charge in [0.1, 0.15) is 84.0 Å². The molecule has 4 unspecified atom stereocenters. The summed E-state index contributed by atoms with van der Waals surface area (Å²) >= 11 is 0. The molecule has 0 aromatic heterocycles. The van der Waals surface area contributed by atoms with E-state index in [2.05, 4.69) is 69.1 Å². The van der Waals surface area contributed by atoms with Crippen molar-refractivity contribution < 1.29 is 77.6 Å². The topological polar surface area (TPSA) is 491 Å². The van der Waals surface area contributed by atoms with E-state index in [1.54, 1.807) is 109 Å². The molecule has 110 heavy (non-hydrogen) atoms. The van der Waals surface area contributed by atoms with Crippen molar-refractivity contribution >= 4 is 76.8 Å². The highest BCUT2D eigenvalue weighted by Crippen LogP contribution is 2.19. The van der Waals surface area contributed by atoms with Gasteiger partial charge in [-0.3, -0.25) is 62.3 Å². The van der Waals surface area contributed by atoms with E-state index in [9.17, 15) is 77.6 Å². The fraction of sp³-hybridized carbons (Fsp3) is 0.734. The van der Waals surface area contributed by atoms with Gasteiger partial charge in [-0.15, -0.1) is 0 Å². The highest BCUT2D eigenvalue weighted by Gasteiger charge is 2.40. The molecule has 0 aliphatic rings. The number of aliphatic hydroxyl groups is 2. The molecule has 31 nitrogen and oxygen atoms in total. The molecule has 1 aromatic rings. The van der Waals surface area contributed by atoms with Crippen LogP contribution in [0.4, 0.5) is 0 Å². The zero-order valence-electron chi connectivity index (χ0n) is 69.4. The number of benzene rings is 1. The molecule has 1 aromatic carbocycles. The number of phenolic OH excluding ortho intramolecular Hbond substituents is 1. The summed E-state index contributed by atoms with van der Waals surface area (Å²) in [6, 6.07) is -8.56. The number of unbranched alkanes of at least 4 members (excludes halogenated alkanes) is 2. The van der Waals surface area contributed by atoms with Crippen LogP contribution in [0.2, 0.25) is 0 Å². The Morgan fingerprint density at radius 3 is 1.07 bits per heavy atom. The molecule has 0 radical (unpaired) electrons. The van der Waals surface area contributed by atoms with Crippen molar-refractivity contribution in [3.8, 4) is 5.75 Å². The minimum atomic E-state index is -1.40. The first-order valence-electron chi connectivity index (χ1n) is 39.5. The summed E-state index contributed by atoms with van der Waals surface area (Å²) in [5.74, 6) is -14.1. The van der Waals surface area contributed by atoms with Crippen LogP contribution >= 0.6 is 0 Å². The number of aromatic hydroxyl groups is 1. The second-order valence-corrected chi connectivity index (χ2v) is 32.1. The third kappa shape index (κ3) is 34.5. The minimum Gasteiger partial charge on any atom is -0.508 e. The van der Waals surface area contributed by atoms with Crippen LogP contribution in [0.15, 0.2) is 36.0 Å². The van der Waals surface area contributed by atoms with E-state index in [1.807, 2.05) is 41.5 Å². The molecular weight excluding hydrogens is 1410 g/mol. The predicted octanol–water partition coefficient (Wildman–Crippen LogP) is 2.50. The summed E-state index contributed by atoms with van der Waals surface area (Å²) in [6.07, 6.45) is 2.63. The van der Waals surface area contributed by atoms with Crippen molar-refractivity contribution in [3.63, 3.8) is 0 Å². The van der Waals surface area contributed by atoms with Gasteiger partial charge in [0.15, 0.2) is 0 Å². The number of phenols is 1. The number of nitrogens with one attached hydrogen (secondary N) is 13. The number of amides is 13. The first kappa shape index (κ1) is 99.7. The number of hydrogen-bond donors (Lipinski definition) is 18. The Morgan fingerprint density at radius 1 is 0.382 bits per heavy atom. The smallest absolute Gasteiger partial charge is 0.268 e. The lowest BCUT2D eigenvalue weighted by atomic mass is 9.94. The molecule has 0 heterocycles. The van der Waals surface area contributed by atoms with Gasteiger partial charge in [0, 0.05) is 6.42 Å². The summed E-state index contributed by atoms with van der Waals surface area (Å²) in [7, 11) is 0. The van der Waals surface area contributed by atoms with Gasteiger partial charge in [-0.1, -0.05) is 170 Å². The zero-order valence-corrected chi connectivity index (χ0v) is 69.4. The molecular formula is C79H139N15O16. The van der Waals surface area contributed by atoms with Crippen LogP contribution in [0.25, 0.3) is 0 Å². The molecule has 0 bridgehead atoms. The van der Waals surface area contributed by atoms with E-state index in [0.717, 1.165) is 0 Å². The molecule has 31 heteroatoms. The summed E-state index contributed by atoms with van der Waals surface area (Å²) in [5, 5.41) is 66.3. The van der Waals surface area contributed by atoms with E-state index in [1.165, 1.54) is 25.1 Å². The molecule has 0 saturated heterocycles. The highest BCUT2D eigenvalue weighted by atomic mass is 16.3. The van der Waals surface area contributed by atoms with Crippen LogP contribution in [-0.4, -0.2) is 190 Å². The number of rotatable bonds is 51. The first-order valence-corrected chi connectivity index (χ1v) is 39.5. The molecule has 0 fully saturated rings. The third-order valence-corrected chi connectivity index (χ3v) is 19.4. The average molecular weight is 1560 g/mol. The van der Waals surface area contributed by atoms with Crippen molar-refractivity contribution in [2.75, 3.05) is 19.7 Å². The Bertz CT molecular complexity index is 3140. The molecule has 0 saturated carbocycles. The lowest BCUT2D eigenvalue weighted by Gasteiger charge is -2.32. The van der Waals surface area contributed by atoms with Crippen molar-refractivity contribution in [2.24, 2.45) is 70.6 Å². The fourth-order valence-corrected chi connectivity index (χ4v) is 11.8. The Labute approximate surface area is 653 Å². The van der Waals surface area contributed by atoms with Crippen LogP contribution in [0, 0.1) is 59.2 Å². The minimum absolute atomic E-state index is 0.0354. The summed E-state index contributed by atoms with van der Waals surface area (Å²) in [5.41, 5.74) is 12.1. The molecule has 0 aliphatic carbocycles. The highest BCUT2D eigenvalue weighted by molar-refractivity contribution is 6.02. The molecule has 15 atom stereocenters. The number of allylic oxidation sites excluding steroid dienone is 1. The maximum Gasteiger partial charge on any atom is 0.268 e. The summed E-state index contributed by atoms with van der Waals surface area (Å²) in [6.45, 7) is 36.4. The Balaban J connectivity index is 3.62. The number of hydrogen-bond acceptors (Lipinski definition) is 18. The lowest BCUT2D eigenvalue weighted by molar-refractivity contribution is -0.138. The number of carbonyl (C=O) groups excluding carboxylic acids is 13. The van der Waals surface area contributed by atoms with Crippen molar-refractivity contribution in [3.05, 3.63) is 41.6 Å². The van der Waals surface area contributed by atoms with Crippen molar-refractivity contribution in [2.45, 2.75) is 295 Å². The first-order chi connectivity index (χ1) is 51.4. The second-order valence-electron chi connectivity index (χ2n) is 32.1. The van der Waals surface area contributed by atoms with Crippen LogP contribution < -0.4 is 80.6 Å². The van der Waals surface area contributed by atoms with E-state index >= 15 is 0 Å². The Morgan fingerprint density at radius 2 is 0.700 bits per heavy atom. The number of nitrogens with two attached hydrogens (primary N) is 2. The largest absolute Gasteiger partial charge is 0.508 e. The lowest BCUT2D eigenvalue weighted by Crippen LogP contribution is -2.63. The van der Waals surface area contributed by atoms with Gasteiger partial charge in [0.25, 0.3) is 11.8 Å².